The highest BCUT2D eigenvalue weighted by Gasteiger charge is 2.17. The Labute approximate surface area is 341 Å². The van der Waals surface area contributed by atoms with Crippen LogP contribution in [0.5, 0.6) is 0 Å². The van der Waals surface area contributed by atoms with Crippen LogP contribution in [0.2, 0.25) is 0 Å². The lowest BCUT2D eigenvalue weighted by Gasteiger charge is -2.35. The van der Waals surface area contributed by atoms with E-state index < -0.39 is 0 Å². The maximum atomic E-state index is 5.47. The molecule has 0 aromatic heterocycles. The summed E-state index contributed by atoms with van der Waals surface area (Å²) in [5.74, 6) is 0. The van der Waals surface area contributed by atoms with Crippen LogP contribution in [0.1, 0.15) is 226 Å². The van der Waals surface area contributed by atoms with E-state index in [1.54, 1.807) is 0 Å². The van der Waals surface area contributed by atoms with Crippen LogP contribution in [-0.4, -0.2) is 112 Å². The first-order valence-electron chi connectivity index (χ1n) is 25.1. The van der Waals surface area contributed by atoms with Crippen LogP contribution in [0.3, 0.4) is 0 Å². The average molecular weight is 763 g/mol. The van der Waals surface area contributed by atoms with Gasteiger partial charge >= 0.3 is 0 Å². The van der Waals surface area contributed by atoms with Gasteiger partial charge in [-0.25, -0.2) is 0 Å². The Balaban J connectivity index is 2.25. The summed E-state index contributed by atoms with van der Waals surface area (Å²) in [7, 11) is 1.85. The molecule has 0 aromatic carbocycles. The molecular formula is C49H102N4O. The fourth-order valence-electron chi connectivity index (χ4n) is 8.63. The van der Waals surface area contributed by atoms with E-state index in [2.05, 4.69) is 40.4 Å². The van der Waals surface area contributed by atoms with E-state index in [9.17, 15) is 0 Å². The lowest BCUT2D eigenvalue weighted by Crippen LogP contribution is -2.47. The maximum Gasteiger partial charge on any atom is 0.0589 e. The number of piperazine rings is 1. The molecule has 5 nitrogen and oxygen atoms in total. The maximum absolute atomic E-state index is 5.47. The zero-order valence-electron chi connectivity index (χ0n) is 38.0. The first-order valence-corrected chi connectivity index (χ1v) is 25.1. The molecule has 0 unspecified atom stereocenters. The monoisotopic (exact) mass is 763 g/mol. The van der Waals surface area contributed by atoms with Gasteiger partial charge in [-0.2, -0.15) is 0 Å². The van der Waals surface area contributed by atoms with Crippen LogP contribution in [0.15, 0.2) is 0 Å². The van der Waals surface area contributed by atoms with Gasteiger partial charge in [-0.05, 0) is 77.9 Å². The molecule has 1 rings (SSSR count). The zero-order valence-corrected chi connectivity index (χ0v) is 38.0. The van der Waals surface area contributed by atoms with Crippen LogP contribution >= 0.6 is 0 Å². The van der Waals surface area contributed by atoms with E-state index >= 15 is 0 Å². The molecule has 0 bridgehead atoms. The summed E-state index contributed by atoms with van der Waals surface area (Å²) in [5, 5.41) is 0. The van der Waals surface area contributed by atoms with Crippen molar-refractivity contribution in [2.75, 3.05) is 92.3 Å². The highest BCUT2D eigenvalue weighted by molar-refractivity contribution is 4.73. The van der Waals surface area contributed by atoms with Gasteiger partial charge in [0.1, 0.15) is 0 Å². The summed E-state index contributed by atoms with van der Waals surface area (Å²) >= 11 is 0. The Hall–Kier alpha value is -0.200. The summed E-state index contributed by atoms with van der Waals surface area (Å²) in [6.45, 7) is 23.0. The fourth-order valence-corrected chi connectivity index (χ4v) is 8.63. The molecule has 324 valence electrons. The van der Waals surface area contributed by atoms with Crippen molar-refractivity contribution in [3.63, 3.8) is 0 Å². The summed E-state index contributed by atoms with van der Waals surface area (Å²) in [6, 6.07) is 0. The number of rotatable bonds is 44. The van der Waals surface area contributed by atoms with E-state index in [4.69, 9.17) is 4.74 Å². The number of nitrogens with zero attached hydrogens (tertiary/aromatic N) is 4. The van der Waals surface area contributed by atoms with Gasteiger partial charge in [0.2, 0.25) is 0 Å². The van der Waals surface area contributed by atoms with Crippen molar-refractivity contribution >= 4 is 0 Å². The van der Waals surface area contributed by atoms with Gasteiger partial charge in [0, 0.05) is 39.8 Å². The predicted octanol–water partition coefficient (Wildman–Crippen LogP) is 13.4. The number of ether oxygens (including phenoxy) is 1. The molecule has 0 amide bonds. The van der Waals surface area contributed by atoms with Crippen molar-refractivity contribution in [1.82, 2.24) is 19.6 Å². The van der Waals surface area contributed by atoms with Crippen LogP contribution in [0, 0.1) is 0 Å². The molecule has 0 spiro atoms. The molecule has 0 N–H and O–H groups in total. The standard InChI is InChI=1S/C49H102N4O/c1-5-8-11-14-17-20-23-26-29-32-37-50(38-33-30-27-24-21-18-15-12-9-6-2)40-35-42-52-44-46-53(47-45-52)43-36-41-51(48-49-54-4)39-34-31-28-25-22-19-16-13-10-7-3/h5-49H2,1-4H3. The normalized spacial score (nSPS) is 14.3. The number of hydrogen-bond acceptors (Lipinski definition) is 5. The van der Waals surface area contributed by atoms with Gasteiger partial charge in [0.05, 0.1) is 6.61 Å². The van der Waals surface area contributed by atoms with Gasteiger partial charge < -0.3 is 24.3 Å². The Bertz CT molecular complexity index is 675. The van der Waals surface area contributed by atoms with Crippen LogP contribution in [0.4, 0.5) is 0 Å². The Morgan fingerprint density at radius 1 is 0.315 bits per heavy atom. The predicted molar refractivity (Wildman–Crippen MR) is 242 cm³/mol. The van der Waals surface area contributed by atoms with Crippen molar-refractivity contribution in [3.05, 3.63) is 0 Å². The van der Waals surface area contributed by atoms with Crippen molar-refractivity contribution < 1.29 is 4.74 Å². The summed E-state index contributed by atoms with van der Waals surface area (Å²) in [4.78, 5) is 11.1. The van der Waals surface area contributed by atoms with E-state index in [1.165, 1.54) is 277 Å². The molecule has 5 heteroatoms. The largest absolute Gasteiger partial charge is 0.383 e. The Kier molecular flexibility index (Phi) is 40.7. The van der Waals surface area contributed by atoms with Gasteiger partial charge in [-0.1, -0.05) is 194 Å². The smallest absolute Gasteiger partial charge is 0.0589 e. The van der Waals surface area contributed by atoms with Crippen molar-refractivity contribution in [3.8, 4) is 0 Å². The molecule has 1 aliphatic heterocycles. The second kappa shape index (κ2) is 42.4. The number of methoxy groups -OCH3 is 1. The molecule has 54 heavy (non-hydrogen) atoms. The third-order valence-electron chi connectivity index (χ3n) is 12.5. The van der Waals surface area contributed by atoms with Gasteiger partial charge in [0.15, 0.2) is 0 Å². The second-order valence-corrected chi connectivity index (χ2v) is 17.6. The highest BCUT2D eigenvalue weighted by Crippen LogP contribution is 2.15. The second-order valence-electron chi connectivity index (χ2n) is 17.6. The van der Waals surface area contributed by atoms with Crippen molar-refractivity contribution in [2.45, 2.75) is 226 Å². The Morgan fingerprint density at radius 2 is 0.556 bits per heavy atom. The van der Waals surface area contributed by atoms with Gasteiger partial charge in [-0.15, -0.1) is 0 Å². The number of hydrogen-bond donors (Lipinski definition) is 0. The van der Waals surface area contributed by atoms with E-state index in [0.717, 1.165) is 13.2 Å². The zero-order chi connectivity index (χ0) is 38.8. The fraction of sp³-hybridized carbons (Fsp3) is 1.00. The van der Waals surface area contributed by atoms with Crippen LogP contribution < -0.4 is 0 Å². The van der Waals surface area contributed by atoms with Crippen LogP contribution in [0.25, 0.3) is 0 Å². The molecule has 0 radical (unpaired) electrons. The lowest BCUT2D eigenvalue weighted by atomic mass is 10.1. The number of unbranched alkanes of at least 4 members (excludes halogenated alkanes) is 27. The minimum atomic E-state index is 0.867. The Morgan fingerprint density at radius 3 is 0.833 bits per heavy atom. The highest BCUT2D eigenvalue weighted by atomic mass is 16.5. The molecule has 0 aromatic rings. The first kappa shape index (κ1) is 51.8. The topological polar surface area (TPSA) is 22.2 Å². The molecular weight excluding hydrogens is 661 g/mol. The molecule has 1 saturated heterocycles. The van der Waals surface area contributed by atoms with Crippen molar-refractivity contribution in [2.24, 2.45) is 0 Å². The molecule has 1 fully saturated rings. The SMILES string of the molecule is CCCCCCCCCCCCN(CCCCCCCCCCCC)CCCN1CCN(CCCN(CCCCCCCCCCCC)CCOC)CC1. The first-order chi connectivity index (χ1) is 26.7. The minimum absolute atomic E-state index is 0.867. The summed E-state index contributed by atoms with van der Waals surface area (Å²) in [5.41, 5.74) is 0. The lowest BCUT2D eigenvalue weighted by molar-refractivity contribution is 0.115. The van der Waals surface area contributed by atoms with Crippen LogP contribution in [-0.2, 0) is 4.74 Å². The molecule has 1 aliphatic rings. The van der Waals surface area contributed by atoms with E-state index in [1.807, 2.05) is 7.11 Å². The quantitative estimate of drug-likeness (QED) is 0.0575. The average Bonchev–Trinajstić information content (AvgIpc) is 3.19. The van der Waals surface area contributed by atoms with Gasteiger partial charge in [-0.3, -0.25) is 0 Å². The van der Waals surface area contributed by atoms with Crippen molar-refractivity contribution in [1.29, 1.82) is 0 Å². The van der Waals surface area contributed by atoms with E-state index in [-0.39, 0.29) is 0 Å². The summed E-state index contributed by atoms with van der Waals surface area (Å²) < 4.78 is 5.47. The van der Waals surface area contributed by atoms with E-state index in [0.29, 0.717) is 0 Å². The molecule has 1 heterocycles. The molecule has 0 aliphatic carbocycles. The third-order valence-corrected chi connectivity index (χ3v) is 12.5. The molecule has 0 atom stereocenters. The summed E-state index contributed by atoms with van der Waals surface area (Å²) in [6.07, 6.45) is 45.6. The van der Waals surface area contributed by atoms with Gasteiger partial charge in [0.25, 0.3) is 0 Å². The molecule has 0 saturated carbocycles. The third kappa shape index (κ3) is 35.0. The minimum Gasteiger partial charge on any atom is -0.383 e.